The molecule has 5 aromatic rings. The van der Waals surface area contributed by atoms with Gasteiger partial charge in [0.15, 0.2) is 0 Å². The number of hydrogen-bond donors (Lipinski definition) is 6. The number of hydrogen-bond acceptors (Lipinski definition) is 5. The van der Waals surface area contributed by atoms with E-state index in [9.17, 15) is 14.4 Å². The average Bonchev–Trinajstić information content (AvgIpc) is 3.46. The second-order valence-electron chi connectivity index (χ2n) is 10.6. The number of H-pyrrole nitrogens is 1. The lowest BCUT2D eigenvalue weighted by Crippen LogP contribution is -2.51. The number of nitrogens with two attached hydrogens (primary N) is 2. The molecule has 9 heteroatoms. The molecule has 0 aliphatic carbocycles. The molecule has 224 valence electrons. The molecule has 0 aliphatic rings. The third-order valence-electron chi connectivity index (χ3n) is 7.39. The van der Waals surface area contributed by atoms with Crippen molar-refractivity contribution in [2.24, 2.45) is 11.5 Å². The Morgan fingerprint density at radius 2 is 1.50 bits per heavy atom. The molecule has 3 amide bonds. The highest BCUT2D eigenvalue weighted by Crippen LogP contribution is 2.25. The van der Waals surface area contributed by atoms with Crippen molar-refractivity contribution >= 4 is 34.3 Å². The molecule has 2 atom stereocenters. The molecule has 1 aromatic heterocycles. The van der Waals surface area contributed by atoms with Crippen LogP contribution in [0.15, 0.2) is 109 Å². The predicted molar refractivity (Wildman–Crippen MR) is 174 cm³/mol. The Morgan fingerprint density at radius 1 is 0.773 bits per heavy atom. The molecule has 0 bridgehead atoms. The first-order chi connectivity index (χ1) is 21.4. The molecular weight excluding hydrogens is 552 g/mol. The van der Waals surface area contributed by atoms with Crippen LogP contribution in [-0.4, -0.2) is 47.9 Å². The average molecular weight is 589 g/mol. The molecule has 1 heterocycles. The summed E-state index contributed by atoms with van der Waals surface area (Å²) in [5.74, 6) is -0.988. The molecule has 0 saturated carbocycles. The molecule has 0 unspecified atom stereocenters. The van der Waals surface area contributed by atoms with Crippen molar-refractivity contribution in [2.45, 2.75) is 24.9 Å². The fourth-order valence-electron chi connectivity index (χ4n) is 5.10. The van der Waals surface area contributed by atoms with Crippen LogP contribution in [-0.2, 0) is 22.4 Å². The second-order valence-corrected chi connectivity index (χ2v) is 10.6. The summed E-state index contributed by atoms with van der Waals surface area (Å²) in [5.41, 5.74) is 17.3. The van der Waals surface area contributed by atoms with E-state index in [-0.39, 0.29) is 18.2 Å². The molecule has 0 spiro atoms. The fourth-order valence-corrected chi connectivity index (χ4v) is 5.10. The van der Waals surface area contributed by atoms with Gasteiger partial charge in [0.25, 0.3) is 5.91 Å². The van der Waals surface area contributed by atoms with E-state index in [1.807, 2.05) is 91.1 Å². The van der Waals surface area contributed by atoms with E-state index < -0.39 is 18.0 Å². The lowest BCUT2D eigenvalue weighted by molar-refractivity contribution is -0.127. The zero-order chi connectivity index (χ0) is 30.9. The van der Waals surface area contributed by atoms with Crippen LogP contribution in [0.3, 0.4) is 0 Å². The van der Waals surface area contributed by atoms with Gasteiger partial charge >= 0.3 is 0 Å². The topological polar surface area (TPSA) is 155 Å². The largest absolute Gasteiger partial charge is 0.361 e. The third-order valence-corrected chi connectivity index (χ3v) is 7.39. The van der Waals surface area contributed by atoms with Crippen LogP contribution in [0, 0.1) is 0 Å². The molecule has 8 N–H and O–H groups in total. The molecule has 0 fully saturated rings. The highest BCUT2D eigenvalue weighted by atomic mass is 16.2. The first-order valence-electron chi connectivity index (χ1n) is 14.6. The van der Waals surface area contributed by atoms with Gasteiger partial charge in [-0.15, -0.1) is 0 Å². The van der Waals surface area contributed by atoms with Crippen LogP contribution < -0.4 is 27.4 Å². The first kappa shape index (κ1) is 30.2. The predicted octanol–water partition coefficient (Wildman–Crippen LogP) is 3.76. The zero-order valence-corrected chi connectivity index (χ0v) is 24.3. The number of carbonyl (C=O) groups excluding carboxylic acids is 3. The van der Waals surface area contributed by atoms with Gasteiger partial charge in [-0.1, -0.05) is 72.8 Å². The smallest absolute Gasteiger partial charge is 0.251 e. The Balaban J connectivity index is 1.35. The SMILES string of the molecule is NCCNC(=O)c1cccc(-c2cccc(NC(=O)[C@H](Cc3c[nH]c4ccccc34)NC(=O)[C@@H](N)Cc3ccccc3)c2)c1. The number of aromatic nitrogens is 1. The van der Waals surface area contributed by atoms with Crippen molar-refractivity contribution in [3.63, 3.8) is 0 Å². The van der Waals surface area contributed by atoms with Crippen LogP contribution in [0.2, 0.25) is 0 Å². The number of anilines is 1. The Kier molecular flexibility index (Phi) is 9.81. The first-order valence-corrected chi connectivity index (χ1v) is 14.6. The molecule has 0 aliphatic heterocycles. The van der Waals surface area contributed by atoms with Crippen molar-refractivity contribution in [1.82, 2.24) is 15.6 Å². The van der Waals surface area contributed by atoms with Crippen molar-refractivity contribution in [3.05, 3.63) is 126 Å². The Bertz CT molecular complexity index is 1750. The van der Waals surface area contributed by atoms with Gasteiger partial charge in [0.05, 0.1) is 6.04 Å². The summed E-state index contributed by atoms with van der Waals surface area (Å²) in [6, 6.07) is 30.2. The number of benzene rings is 4. The summed E-state index contributed by atoms with van der Waals surface area (Å²) in [6.45, 7) is 0.742. The molecule has 44 heavy (non-hydrogen) atoms. The summed E-state index contributed by atoms with van der Waals surface area (Å²) in [7, 11) is 0. The van der Waals surface area contributed by atoms with Gasteiger partial charge in [0.1, 0.15) is 6.04 Å². The van der Waals surface area contributed by atoms with Gasteiger partial charge in [-0.2, -0.15) is 0 Å². The van der Waals surface area contributed by atoms with Gasteiger partial charge in [-0.3, -0.25) is 14.4 Å². The molecule has 0 radical (unpaired) electrons. The van der Waals surface area contributed by atoms with Crippen molar-refractivity contribution in [2.75, 3.05) is 18.4 Å². The minimum absolute atomic E-state index is 0.205. The highest BCUT2D eigenvalue weighted by molar-refractivity contribution is 5.99. The maximum atomic E-state index is 13.7. The second kappa shape index (κ2) is 14.3. The Hall–Kier alpha value is -5.25. The van der Waals surface area contributed by atoms with E-state index in [1.165, 1.54) is 0 Å². The lowest BCUT2D eigenvalue weighted by atomic mass is 10.0. The Labute approximate surface area is 256 Å². The minimum atomic E-state index is -0.887. The van der Waals surface area contributed by atoms with E-state index in [0.717, 1.165) is 33.2 Å². The van der Waals surface area contributed by atoms with Gasteiger partial charge in [-0.25, -0.2) is 0 Å². The van der Waals surface area contributed by atoms with Gasteiger partial charge in [-0.05, 0) is 59.0 Å². The molecule has 0 saturated heterocycles. The van der Waals surface area contributed by atoms with Crippen LogP contribution in [0.4, 0.5) is 5.69 Å². The number of amides is 3. The maximum Gasteiger partial charge on any atom is 0.251 e. The number of aromatic amines is 1. The standard InChI is InChI=1S/C35H36N6O3/c36-16-17-38-33(42)26-12-6-10-24(19-26)25-11-7-13-28(20-25)40-35(44)32(21-27-22-39-31-15-5-4-14-29(27)31)41-34(43)30(37)18-23-8-2-1-3-9-23/h1-15,19-20,22,30,32,39H,16-18,21,36-37H2,(H,38,42)(H,40,44)(H,41,43)/t30-,32-/m0/s1. The van der Waals surface area contributed by atoms with Crippen molar-refractivity contribution < 1.29 is 14.4 Å². The summed E-state index contributed by atoms with van der Waals surface area (Å²) in [5, 5.41) is 9.63. The maximum absolute atomic E-state index is 13.7. The highest BCUT2D eigenvalue weighted by Gasteiger charge is 2.25. The van der Waals surface area contributed by atoms with E-state index >= 15 is 0 Å². The van der Waals surface area contributed by atoms with E-state index in [1.54, 1.807) is 18.2 Å². The quantitative estimate of drug-likeness (QED) is 0.131. The van der Waals surface area contributed by atoms with Crippen LogP contribution >= 0.6 is 0 Å². The summed E-state index contributed by atoms with van der Waals surface area (Å²) >= 11 is 0. The van der Waals surface area contributed by atoms with Crippen LogP contribution in [0.5, 0.6) is 0 Å². The van der Waals surface area contributed by atoms with Gasteiger partial charge in [0.2, 0.25) is 11.8 Å². The number of rotatable bonds is 12. The van der Waals surface area contributed by atoms with E-state index in [2.05, 4.69) is 20.9 Å². The summed E-state index contributed by atoms with van der Waals surface area (Å²) < 4.78 is 0. The number of nitrogens with one attached hydrogen (secondary N) is 4. The van der Waals surface area contributed by atoms with Gasteiger partial charge < -0.3 is 32.4 Å². The van der Waals surface area contributed by atoms with Crippen LogP contribution in [0.25, 0.3) is 22.0 Å². The Morgan fingerprint density at radius 3 is 2.30 bits per heavy atom. The fraction of sp³-hybridized carbons (Fsp3) is 0.171. The molecule has 4 aromatic carbocycles. The molecule has 5 rings (SSSR count). The molecular formula is C35H36N6O3. The minimum Gasteiger partial charge on any atom is -0.361 e. The van der Waals surface area contributed by atoms with Crippen molar-refractivity contribution in [3.8, 4) is 11.1 Å². The summed E-state index contributed by atoms with van der Waals surface area (Å²) in [6.07, 6.45) is 2.47. The normalized spacial score (nSPS) is 12.3. The number of para-hydroxylation sites is 1. The van der Waals surface area contributed by atoms with Crippen LogP contribution in [0.1, 0.15) is 21.5 Å². The number of carbonyl (C=O) groups is 3. The molecule has 9 nitrogen and oxygen atoms in total. The van der Waals surface area contributed by atoms with E-state index in [4.69, 9.17) is 11.5 Å². The van der Waals surface area contributed by atoms with E-state index in [0.29, 0.717) is 30.8 Å². The third kappa shape index (κ3) is 7.57. The zero-order valence-electron chi connectivity index (χ0n) is 24.3. The van der Waals surface area contributed by atoms with Crippen molar-refractivity contribution in [1.29, 1.82) is 0 Å². The van der Waals surface area contributed by atoms with Gasteiger partial charge in [0, 0.05) is 47.9 Å². The summed E-state index contributed by atoms with van der Waals surface area (Å²) in [4.78, 5) is 42.7. The monoisotopic (exact) mass is 588 g/mol. The number of fused-ring (bicyclic) bond motifs is 1. The lowest BCUT2D eigenvalue weighted by Gasteiger charge is -2.21.